The molecule has 0 amide bonds. The van der Waals surface area contributed by atoms with Gasteiger partial charge in [-0.3, -0.25) is 4.98 Å². The van der Waals surface area contributed by atoms with Crippen LogP contribution in [-0.2, 0) is 0 Å². The van der Waals surface area contributed by atoms with E-state index in [9.17, 15) is 0 Å². The monoisotopic (exact) mass is 522 g/mol. The van der Waals surface area contributed by atoms with Gasteiger partial charge in [0, 0.05) is 33.8 Å². The van der Waals surface area contributed by atoms with Crippen molar-refractivity contribution in [2.24, 2.45) is 0 Å². The Labute approximate surface area is 238 Å². The molecule has 0 atom stereocenters. The van der Waals surface area contributed by atoms with Crippen LogP contribution in [0.25, 0.3) is 71.8 Å². The van der Waals surface area contributed by atoms with E-state index >= 15 is 0 Å². The van der Waals surface area contributed by atoms with E-state index in [-0.39, 0.29) is 0 Å². The largest absolute Gasteiger partial charge is 0.309 e. The van der Waals surface area contributed by atoms with Crippen LogP contribution in [0.3, 0.4) is 0 Å². The second kappa shape index (κ2) is 9.62. The Hall–Kier alpha value is -5.47. The van der Waals surface area contributed by atoms with Crippen LogP contribution in [0, 0.1) is 0 Å². The van der Waals surface area contributed by atoms with Gasteiger partial charge in [-0.1, -0.05) is 115 Å². The lowest BCUT2D eigenvalue weighted by molar-refractivity contribution is 1.18. The second-order valence-electron chi connectivity index (χ2n) is 10.4. The fourth-order valence-electron chi connectivity index (χ4n) is 6.13. The van der Waals surface area contributed by atoms with Crippen LogP contribution in [0.2, 0.25) is 0 Å². The molecule has 192 valence electrons. The molecule has 2 nitrogen and oxygen atoms in total. The molecule has 2 heteroatoms. The quantitative estimate of drug-likeness (QED) is 0.225. The number of fused-ring (bicyclic) bond motifs is 4. The Morgan fingerprint density at radius 1 is 0.439 bits per heavy atom. The van der Waals surface area contributed by atoms with Crippen LogP contribution in [0.4, 0.5) is 0 Å². The standard InChI is InChI=1S/C39H26N2/c1-2-10-27(11-3-1)28-17-19-30(20-18-28)38-33-13-5-4-12-31(33)26-35-34-14-6-7-16-37(34)41(39(35)38)32-23-21-29(22-24-32)36-15-8-9-25-40-36/h1-26H. The number of para-hydroxylation sites is 1. The fraction of sp³-hybridized carbons (Fsp3) is 0. The average Bonchev–Trinajstić information content (AvgIpc) is 3.38. The molecule has 0 bridgehead atoms. The van der Waals surface area contributed by atoms with Gasteiger partial charge < -0.3 is 4.57 Å². The predicted molar refractivity (Wildman–Crippen MR) is 172 cm³/mol. The number of pyridine rings is 1. The van der Waals surface area contributed by atoms with Crippen molar-refractivity contribution in [2.75, 3.05) is 0 Å². The van der Waals surface area contributed by atoms with Crippen LogP contribution in [0.5, 0.6) is 0 Å². The fourth-order valence-corrected chi connectivity index (χ4v) is 6.13. The molecule has 0 radical (unpaired) electrons. The van der Waals surface area contributed by atoms with Crippen LogP contribution in [0.15, 0.2) is 158 Å². The van der Waals surface area contributed by atoms with Crippen molar-refractivity contribution in [2.45, 2.75) is 0 Å². The summed E-state index contributed by atoms with van der Waals surface area (Å²) in [6.45, 7) is 0. The van der Waals surface area contributed by atoms with Gasteiger partial charge in [0.05, 0.1) is 16.7 Å². The van der Waals surface area contributed by atoms with Crippen LogP contribution in [-0.4, -0.2) is 9.55 Å². The van der Waals surface area contributed by atoms with Gasteiger partial charge in [0.2, 0.25) is 0 Å². The smallest absolute Gasteiger partial charge is 0.0701 e. The lowest BCUT2D eigenvalue weighted by atomic mass is 9.93. The third-order valence-corrected chi connectivity index (χ3v) is 8.05. The van der Waals surface area contributed by atoms with Crippen molar-refractivity contribution in [3.05, 3.63) is 158 Å². The molecule has 0 saturated carbocycles. The normalized spacial score (nSPS) is 11.4. The maximum absolute atomic E-state index is 4.55. The molecule has 0 unspecified atom stereocenters. The molecule has 0 aliphatic rings. The van der Waals surface area contributed by atoms with Crippen molar-refractivity contribution >= 4 is 32.6 Å². The average molecular weight is 523 g/mol. The summed E-state index contributed by atoms with van der Waals surface area (Å²) < 4.78 is 2.43. The lowest BCUT2D eigenvalue weighted by Gasteiger charge is -2.15. The van der Waals surface area contributed by atoms with Gasteiger partial charge in [0.1, 0.15) is 0 Å². The summed E-state index contributed by atoms with van der Waals surface area (Å²) >= 11 is 0. The molecular weight excluding hydrogens is 496 g/mol. The molecule has 0 N–H and O–H groups in total. The van der Waals surface area contributed by atoms with Gasteiger partial charge in [-0.15, -0.1) is 0 Å². The molecule has 0 fully saturated rings. The highest BCUT2D eigenvalue weighted by atomic mass is 15.0. The van der Waals surface area contributed by atoms with Gasteiger partial charge in [0.25, 0.3) is 0 Å². The Bertz CT molecular complexity index is 2150. The van der Waals surface area contributed by atoms with Crippen molar-refractivity contribution in [3.8, 4) is 39.2 Å². The maximum atomic E-state index is 4.55. The zero-order chi connectivity index (χ0) is 27.2. The molecule has 2 aromatic heterocycles. The third kappa shape index (κ3) is 3.92. The summed E-state index contributed by atoms with van der Waals surface area (Å²) in [5, 5.41) is 5.01. The summed E-state index contributed by atoms with van der Waals surface area (Å²) in [6.07, 6.45) is 1.84. The summed E-state index contributed by atoms with van der Waals surface area (Å²) in [5.74, 6) is 0. The van der Waals surface area contributed by atoms with Gasteiger partial charge >= 0.3 is 0 Å². The Morgan fingerprint density at radius 2 is 1.07 bits per heavy atom. The Kier molecular flexibility index (Phi) is 5.49. The third-order valence-electron chi connectivity index (χ3n) is 8.05. The lowest BCUT2D eigenvalue weighted by Crippen LogP contribution is -1.96. The minimum Gasteiger partial charge on any atom is -0.309 e. The van der Waals surface area contributed by atoms with Crippen molar-refractivity contribution in [1.29, 1.82) is 0 Å². The van der Waals surface area contributed by atoms with E-state index in [4.69, 9.17) is 0 Å². The number of aromatic nitrogens is 2. The zero-order valence-electron chi connectivity index (χ0n) is 22.4. The van der Waals surface area contributed by atoms with E-state index < -0.39 is 0 Å². The molecule has 0 aliphatic carbocycles. The zero-order valence-corrected chi connectivity index (χ0v) is 22.4. The molecule has 0 spiro atoms. The second-order valence-corrected chi connectivity index (χ2v) is 10.4. The topological polar surface area (TPSA) is 17.8 Å². The first-order valence-electron chi connectivity index (χ1n) is 14.0. The number of benzene rings is 6. The van der Waals surface area contributed by atoms with Gasteiger partial charge in [0.15, 0.2) is 0 Å². The van der Waals surface area contributed by atoms with Crippen LogP contribution >= 0.6 is 0 Å². The van der Waals surface area contributed by atoms with Crippen LogP contribution in [0.1, 0.15) is 0 Å². The molecule has 8 aromatic rings. The van der Waals surface area contributed by atoms with Gasteiger partial charge in [-0.2, -0.15) is 0 Å². The Morgan fingerprint density at radius 3 is 1.85 bits per heavy atom. The molecule has 6 aromatic carbocycles. The summed E-state index contributed by atoms with van der Waals surface area (Å²) in [4.78, 5) is 4.55. The Balaban J connectivity index is 1.41. The van der Waals surface area contributed by atoms with E-state index in [1.165, 1.54) is 54.8 Å². The number of nitrogens with zero attached hydrogens (tertiary/aromatic N) is 2. The first-order chi connectivity index (χ1) is 20.3. The highest BCUT2D eigenvalue weighted by Gasteiger charge is 2.19. The van der Waals surface area contributed by atoms with E-state index in [1.54, 1.807) is 0 Å². The van der Waals surface area contributed by atoms with Gasteiger partial charge in [-0.05, 0) is 63.9 Å². The molecule has 41 heavy (non-hydrogen) atoms. The van der Waals surface area contributed by atoms with E-state index in [0.29, 0.717) is 0 Å². The first-order valence-corrected chi connectivity index (χ1v) is 14.0. The van der Waals surface area contributed by atoms with Crippen molar-refractivity contribution in [3.63, 3.8) is 0 Å². The molecule has 0 saturated heterocycles. The van der Waals surface area contributed by atoms with Crippen molar-refractivity contribution in [1.82, 2.24) is 9.55 Å². The number of hydrogen-bond donors (Lipinski definition) is 0. The predicted octanol–water partition coefficient (Wildman–Crippen LogP) is 10.3. The van der Waals surface area contributed by atoms with E-state index in [0.717, 1.165) is 16.9 Å². The highest BCUT2D eigenvalue weighted by molar-refractivity contribution is 6.21. The summed E-state index contributed by atoms with van der Waals surface area (Å²) in [5.41, 5.74) is 10.6. The van der Waals surface area contributed by atoms with E-state index in [2.05, 4.69) is 149 Å². The van der Waals surface area contributed by atoms with Crippen molar-refractivity contribution < 1.29 is 0 Å². The summed E-state index contributed by atoms with van der Waals surface area (Å²) in [7, 11) is 0. The molecule has 8 rings (SSSR count). The van der Waals surface area contributed by atoms with Crippen LogP contribution < -0.4 is 0 Å². The maximum Gasteiger partial charge on any atom is 0.0701 e. The molecule has 0 aliphatic heterocycles. The van der Waals surface area contributed by atoms with E-state index in [1.807, 2.05) is 18.3 Å². The molecular formula is C39H26N2. The minimum atomic E-state index is 0.978. The highest BCUT2D eigenvalue weighted by Crippen LogP contribution is 2.43. The minimum absolute atomic E-state index is 0.978. The van der Waals surface area contributed by atoms with Gasteiger partial charge in [-0.25, -0.2) is 0 Å². The summed E-state index contributed by atoms with van der Waals surface area (Å²) in [6, 6.07) is 54.3. The first kappa shape index (κ1) is 23.4. The SMILES string of the molecule is c1ccc(-c2ccc(-c3c4ccccc4cc4c5ccccc5n(-c5ccc(-c6ccccn6)cc5)c34)cc2)cc1. The number of rotatable bonds is 4. The molecule has 2 heterocycles. The number of hydrogen-bond acceptors (Lipinski definition) is 1.